The number of carbonyl (C=O) groups is 1. The van der Waals surface area contributed by atoms with Gasteiger partial charge in [0.1, 0.15) is 12.6 Å². The average molecular weight is 328 g/mol. The van der Waals surface area contributed by atoms with E-state index in [1.807, 2.05) is 29.0 Å². The summed E-state index contributed by atoms with van der Waals surface area (Å²) in [5.41, 5.74) is 2.96. The number of pyridine rings is 1. The maximum Gasteiger partial charge on any atom is 0.243 e. The van der Waals surface area contributed by atoms with E-state index in [9.17, 15) is 4.79 Å². The molecular weight excluding hydrogens is 308 g/mol. The predicted molar refractivity (Wildman–Crippen MR) is 93.0 cm³/mol. The van der Waals surface area contributed by atoms with Crippen LogP contribution in [0.1, 0.15) is 20.3 Å². The Balaban J connectivity index is 2.19. The van der Waals surface area contributed by atoms with Crippen LogP contribution in [0, 0.1) is 17.2 Å². The summed E-state index contributed by atoms with van der Waals surface area (Å²) in [7, 11) is 0. The summed E-state index contributed by atoms with van der Waals surface area (Å²) in [6, 6.07) is 5.45. The largest absolute Gasteiger partial charge is 0.372 e. The summed E-state index contributed by atoms with van der Waals surface area (Å²) in [6.07, 6.45) is 4.24. The lowest BCUT2D eigenvalue weighted by Gasteiger charge is -2.21. The molecule has 23 heavy (non-hydrogen) atoms. The first-order valence-corrected chi connectivity index (χ1v) is 8.44. The highest BCUT2D eigenvalue weighted by Gasteiger charge is 2.21. The van der Waals surface area contributed by atoms with Gasteiger partial charge in [-0.1, -0.05) is 19.9 Å². The second-order valence-corrected chi connectivity index (χ2v) is 6.39. The van der Waals surface area contributed by atoms with E-state index in [0.29, 0.717) is 12.3 Å². The summed E-state index contributed by atoms with van der Waals surface area (Å²) >= 11 is 1.58. The minimum absolute atomic E-state index is 0.0220. The van der Waals surface area contributed by atoms with E-state index in [1.54, 1.807) is 23.7 Å². The van der Waals surface area contributed by atoms with Gasteiger partial charge in [-0.15, -0.1) is 11.3 Å². The van der Waals surface area contributed by atoms with Crippen LogP contribution in [-0.4, -0.2) is 23.5 Å². The van der Waals surface area contributed by atoms with Crippen LogP contribution < -0.4 is 10.6 Å². The molecule has 0 aliphatic carbocycles. The number of aromatic nitrogens is 1. The maximum atomic E-state index is 12.3. The molecule has 0 unspecified atom stereocenters. The lowest BCUT2D eigenvalue weighted by molar-refractivity contribution is -0.121. The first-order chi connectivity index (χ1) is 11.1. The highest BCUT2D eigenvalue weighted by molar-refractivity contribution is 7.08. The highest BCUT2D eigenvalue weighted by Crippen LogP contribution is 2.32. The van der Waals surface area contributed by atoms with Crippen molar-refractivity contribution in [3.8, 4) is 17.2 Å². The number of hydrogen-bond acceptors (Lipinski definition) is 5. The molecule has 2 aromatic heterocycles. The van der Waals surface area contributed by atoms with Crippen molar-refractivity contribution in [3.05, 3.63) is 35.3 Å². The predicted octanol–water partition coefficient (Wildman–Crippen LogP) is 3.28. The Kier molecular flexibility index (Phi) is 6.12. The molecule has 0 saturated heterocycles. The van der Waals surface area contributed by atoms with Crippen molar-refractivity contribution < 1.29 is 4.79 Å². The Morgan fingerprint density at radius 2 is 2.26 bits per heavy atom. The van der Waals surface area contributed by atoms with Crippen LogP contribution in [0.2, 0.25) is 0 Å². The number of hydrogen-bond donors (Lipinski definition) is 2. The minimum atomic E-state index is -0.367. The summed E-state index contributed by atoms with van der Waals surface area (Å²) in [4.78, 5) is 16.4. The van der Waals surface area contributed by atoms with Crippen molar-refractivity contribution in [1.82, 2.24) is 10.3 Å². The molecule has 1 amide bonds. The molecule has 2 heterocycles. The second-order valence-electron chi connectivity index (χ2n) is 5.64. The van der Waals surface area contributed by atoms with Gasteiger partial charge in [-0.25, -0.2) is 0 Å². The molecule has 0 fully saturated rings. The van der Waals surface area contributed by atoms with Crippen LogP contribution in [-0.2, 0) is 4.79 Å². The lowest BCUT2D eigenvalue weighted by atomic mass is 10.0. The minimum Gasteiger partial charge on any atom is -0.372 e. The molecule has 0 aliphatic rings. The lowest BCUT2D eigenvalue weighted by Crippen LogP contribution is -2.40. The zero-order valence-electron chi connectivity index (χ0n) is 13.2. The molecule has 2 rings (SSSR count). The smallest absolute Gasteiger partial charge is 0.243 e. The molecule has 2 aromatic rings. The van der Waals surface area contributed by atoms with Crippen LogP contribution in [0.15, 0.2) is 35.3 Å². The Morgan fingerprint density at radius 1 is 1.43 bits per heavy atom. The molecule has 1 atom stereocenters. The first-order valence-electron chi connectivity index (χ1n) is 7.49. The summed E-state index contributed by atoms with van der Waals surface area (Å²) in [6.45, 7) is 4.16. The van der Waals surface area contributed by atoms with Crippen molar-refractivity contribution in [2.75, 3.05) is 11.9 Å². The van der Waals surface area contributed by atoms with Gasteiger partial charge >= 0.3 is 0 Å². The van der Waals surface area contributed by atoms with Gasteiger partial charge in [0.05, 0.1) is 11.8 Å². The van der Waals surface area contributed by atoms with Gasteiger partial charge in [0.15, 0.2) is 0 Å². The van der Waals surface area contributed by atoms with E-state index in [-0.39, 0.29) is 18.5 Å². The molecule has 0 bridgehead atoms. The Bertz CT molecular complexity index is 675. The number of nitrogens with one attached hydrogen (secondary N) is 2. The van der Waals surface area contributed by atoms with Gasteiger partial charge in [-0.2, -0.15) is 5.26 Å². The zero-order chi connectivity index (χ0) is 16.7. The summed E-state index contributed by atoms with van der Waals surface area (Å²) in [5.74, 6) is 0.212. The molecule has 120 valence electrons. The molecule has 6 heteroatoms. The number of thiophene rings is 1. The highest BCUT2D eigenvalue weighted by atomic mass is 32.1. The molecule has 0 radical (unpaired) electrons. The Labute approximate surface area is 140 Å². The first kappa shape index (κ1) is 17.0. The van der Waals surface area contributed by atoms with Gasteiger partial charge < -0.3 is 10.6 Å². The molecular formula is C17H20N4OS. The second kappa shape index (κ2) is 8.30. The number of amides is 1. The van der Waals surface area contributed by atoms with E-state index in [4.69, 9.17) is 5.26 Å². The fraction of sp³-hybridized carbons (Fsp3) is 0.353. The quantitative estimate of drug-likeness (QED) is 0.765. The van der Waals surface area contributed by atoms with Crippen LogP contribution in [0.25, 0.3) is 11.1 Å². The third-order valence-electron chi connectivity index (χ3n) is 3.33. The summed E-state index contributed by atoms with van der Waals surface area (Å²) < 4.78 is 0. The monoisotopic (exact) mass is 328 g/mol. The number of anilines is 1. The molecule has 0 spiro atoms. The normalized spacial score (nSPS) is 11.7. The van der Waals surface area contributed by atoms with E-state index in [1.165, 1.54) is 0 Å². The fourth-order valence-electron chi connectivity index (χ4n) is 2.29. The number of nitrogens with zero attached hydrogens (tertiary/aromatic N) is 2. The van der Waals surface area contributed by atoms with Gasteiger partial charge in [0, 0.05) is 34.3 Å². The van der Waals surface area contributed by atoms with Crippen LogP contribution in [0.4, 0.5) is 5.69 Å². The topological polar surface area (TPSA) is 77.8 Å². The van der Waals surface area contributed by atoms with E-state index < -0.39 is 0 Å². The molecule has 0 aliphatic heterocycles. The van der Waals surface area contributed by atoms with Crippen molar-refractivity contribution in [2.24, 2.45) is 5.92 Å². The fourth-order valence-corrected chi connectivity index (χ4v) is 3.09. The van der Waals surface area contributed by atoms with Crippen molar-refractivity contribution in [2.45, 2.75) is 26.3 Å². The van der Waals surface area contributed by atoms with E-state index >= 15 is 0 Å². The van der Waals surface area contributed by atoms with Crippen molar-refractivity contribution in [1.29, 1.82) is 5.26 Å². The molecule has 0 saturated carbocycles. The zero-order valence-corrected chi connectivity index (χ0v) is 14.1. The van der Waals surface area contributed by atoms with Crippen molar-refractivity contribution >= 4 is 22.9 Å². The Morgan fingerprint density at radius 3 is 2.91 bits per heavy atom. The maximum absolute atomic E-state index is 12.3. The van der Waals surface area contributed by atoms with E-state index in [0.717, 1.165) is 16.8 Å². The van der Waals surface area contributed by atoms with E-state index in [2.05, 4.69) is 29.5 Å². The molecule has 0 aromatic carbocycles. The molecule has 5 nitrogen and oxygen atoms in total. The Hall–Kier alpha value is -2.39. The van der Waals surface area contributed by atoms with Gasteiger partial charge in [-0.3, -0.25) is 9.78 Å². The third-order valence-corrected chi connectivity index (χ3v) is 4.07. The number of rotatable bonds is 7. The number of carbonyl (C=O) groups excluding carboxylic acids is 1. The third kappa shape index (κ3) is 4.80. The van der Waals surface area contributed by atoms with Crippen LogP contribution in [0.3, 0.4) is 0 Å². The average Bonchev–Trinajstić information content (AvgIpc) is 3.00. The SMILES string of the molecule is CC(C)C[C@H](Nc1cscc1-c1cccnc1)C(=O)NCC#N. The van der Waals surface area contributed by atoms with Gasteiger partial charge in [0.25, 0.3) is 0 Å². The van der Waals surface area contributed by atoms with Crippen LogP contribution >= 0.6 is 11.3 Å². The number of nitriles is 1. The summed E-state index contributed by atoms with van der Waals surface area (Å²) in [5, 5.41) is 18.6. The standard InChI is InChI=1S/C17H20N4OS/c1-12(2)8-15(17(22)20-7-5-18)21-16-11-23-10-14(16)13-4-3-6-19-9-13/h3-4,6,9-12,15,21H,7-8H2,1-2H3,(H,20,22)/t15-/m0/s1. The van der Waals surface area contributed by atoms with Gasteiger partial charge in [0.2, 0.25) is 5.91 Å². The van der Waals surface area contributed by atoms with Crippen LogP contribution in [0.5, 0.6) is 0 Å². The van der Waals surface area contributed by atoms with Crippen molar-refractivity contribution in [3.63, 3.8) is 0 Å². The molecule has 2 N–H and O–H groups in total. The van der Waals surface area contributed by atoms with Gasteiger partial charge in [-0.05, 0) is 18.4 Å².